The van der Waals surface area contributed by atoms with Crippen molar-refractivity contribution in [1.29, 1.82) is 0 Å². The highest BCUT2D eigenvalue weighted by Gasteiger charge is 2.09. The number of nitrogens with zero attached hydrogens (tertiary/aromatic N) is 3. The molecule has 2 rings (SSSR count). The van der Waals surface area contributed by atoms with Gasteiger partial charge in [0, 0.05) is 36.4 Å². The van der Waals surface area contributed by atoms with E-state index in [1.165, 1.54) is 5.56 Å². The summed E-state index contributed by atoms with van der Waals surface area (Å²) < 4.78 is 0. The fourth-order valence-corrected chi connectivity index (χ4v) is 1.83. The topological polar surface area (TPSA) is 50.7 Å². The van der Waals surface area contributed by atoms with Gasteiger partial charge in [-0.2, -0.15) is 0 Å². The Morgan fingerprint density at radius 1 is 1.12 bits per heavy atom. The van der Waals surface area contributed by atoms with Crippen molar-refractivity contribution in [2.24, 2.45) is 0 Å². The molecule has 0 amide bonds. The first-order valence-electron chi connectivity index (χ1n) is 5.71. The average molecular weight is 228 g/mol. The zero-order chi connectivity index (χ0) is 11.9. The highest BCUT2D eigenvalue weighted by molar-refractivity contribution is 5.13. The lowest BCUT2D eigenvalue weighted by molar-refractivity contribution is 0.545. The molecule has 0 bridgehead atoms. The number of nitrogens with one attached hydrogen (secondary N) is 1. The van der Waals surface area contributed by atoms with E-state index in [9.17, 15) is 0 Å². The zero-order valence-electron chi connectivity index (χ0n) is 9.87. The van der Waals surface area contributed by atoms with Crippen molar-refractivity contribution in [3.63, 3.8) is 0 Å². The quantitative estimate of drug-likeness (QED) is 0.847. The third-order valence-electron chi connectivity index (χ3n) is 2.80. The Kier molecular flexibility index (Phi) is 4.16. The molecular formula is C13H16N4. The Hall–Kier alpha value is -1.81. The lowest BCUT2D eigenvalue weighted by Crippen LogP contribution is -2.17. The number of hydrogen-bond donors (Lipinski definition) is 1. The number of hydrogen-bond acceptors (Lipinski definition) is 4. The smallest absolute Gasteiger partial charge is 0.115 e. The van der Waals surface area contributed by atoms with Gasteiger partial charge in [-0.1, -0.05) is 0 Å². The van der Waals surface area contributed by atoms with Crippen LogP contribution >= 0.6 is 0 Å². The summed E-state index contributed by atoms with van der Waals surface area (Å²) in [6.45, 7) is 0. The SMILES string of the molecule is CNC(CCc1ccncc1)c1cncnc1. The predicted molar refractivity (Wildman–Crippen MR) is 66.4 cm³/mol. The van der Waals surface area contributed by atoms with E-state index in [4.69, 9.17) is 0 Å². The van der Waals surface area contributed by atoms with Gasteiger partial charge in [0.1, 0.15) is 6.33 Å². The average Bonchev–Trinajstić information content (AvgIpc) is 2.42. The molecule has 0 aliphatic heterocycles. The van der Waals surface area contributed by atoms with Gasteiger partial charge in [-0.05, 0) is 37.6 Å². The van der Waals surface area contributed by atoms with E-state index < -0.39 is 0 Å². The van der Waals surface area contributed by atoms with Crippen LogP contribution in [0.15, 0.2) is 43.2 Å². The van der Waals surface area contributed by atoms with Crippen LogP contribution in [-0.4, -0.2) is 22.0 Å². The molecule has 4 heteroatoms. The first kappa shape index (κ1) is 11.7. The first-order chi connectivity index (χ1) is 8.40. The summed E-state index contributed by atoms with van der Waals surface area (Å²) in [7, 11) is 1.96. The molecule has 0 radical (unpaired) electrons. The monoisotopic (exact) mass is 228 g/mol. The van der Waals surface area contributed by atoms with Crippen molar-refractivity contribution < 1.29 is 0 Å². The van der Waals surface area contributed by atoms with Crippen LogP contribution in [0.4, 0.5) is 0 Å². The minimum Gasteiger partial charge on any atom is -0.313 e. The van der Waals surface area contributed by atoms with Crippen molar-refractivity contribution in [3.8, 4) is 0 Å². The molecule has 0 aliphatic rings. The van der Waals surface area contributed by atoms with Crippen molar-refractivity contribution >= 4 is 0 Å². The molecule has 1 unspecified atom stereocenters. The standard InChI is InChI=1S/C13H16N4/c1-14-13(12-8-16-10-17-9-12)3-2-11-4-6-15-7-5-11/h4-10,13-14H,2-3H2,1H3. The summed E-state index contributed by atoms with van der Waals surface area (Å²) in [5, 5.41) is 3.29. The van der Waals surface area contributed by atoms with E-state index in [-0.39, 0.29) is 0 Å². The van der Waals surface area contributed by atoms with Gasteiger partial charge in [-0.15, -0.1) is 0 Å². The van der Waals surface area contributed by atoms with E-state index in [0.717, 1.165) is 18.4 Å². The third-order valence-corrected chi connectivity index (χ3v) is 2.80. The van der Waals surface area contributed by atoms with Crippen molar-refractivity contribution in [1.82, 2.24) is 20.3 Å². The van der Waals surface area contributed by atoms with Crippen molar-refractivity contribution in [3.05, 3.63) is 54.4 Å². The van der Waals surface area contributed by atoms with Gasteiger partial charge in [-0.25, -0.2) is 9.97 Å². The summed E-state index contributed by atoms with van der Waals surface area (Å²) in [6, 6.07) is 4.40. The van der Waals surface area contributed by atoms with E-state index in [2.05, 4.69) is 20.3 Å². The largest absolute Gasteiger partial charge is 0.313 e. The zero-order valence-corrected chi connectivity index (χ0v) is 9.87. The van der Waals surface area contributed by atoms with Gasteiger partial charge in [0.05, 0.1) is 0 Å². The fourth-order valence-electron chi connectivity index (χ4n) is 1.83. The van der Waals surface area contributed by atoms with Gasteiger partial charge in [0.25, 0.3) is 0 Å². The first-order valence-corrected chi connectivity index (χ1v) is 5.71. The molecule has 1 atom stereocenters. The second-order valence-corrected chi connectivity index (χ2v) is 3.91. The van der Waals surface area contributed by atoms with E-state index in [1.54, 1.807) is 6.33 Å². The summed E-state index contributed by atoms with van der Waals surface area (Å²) in [4.78, 5) is 12.1. The van der Waals surface area contributed by atoms with Crippen LogP contribution in [0.1, 0.15) is 23.6 Å². The van der Waals surface area contributed by atoms with Crippen LogP contribution in [0.25, 0.3) is 0 Å². The van der Waals surface area contributed by atoms with E-state index in [1.807, 2.05) is 44.0 Å². The summed E-state index contributed by atoms with van der Waals surface area (Å²) in [5.74, 6) is 0. The molecular weight excluding hydrogens is 212 g/mol. The second kappa shape index (κ2) is 6.06. The molecule has 1 N–H and O–H groups in total. The molecule has 2 aromatic rings. The Balaban J connectivity index is 1.97. The van der Waals surface area contributed by atoms with E-state index in [0.29, 0.717) is 6.04 Å². The predicted octanol–water partition coefficient (Wildman–Crippen LogP) is 1.76. The van der Waals surface area contributed by atoms with Crippen molar-refractivity contribution in [2.75, 3.05) is 7.05 Å². The highest BCUT2D eigenvalue weighted by atomic mass is 14.9. The second-order valence-electron chi connectivity index (χ2n) is 3.91. The van der Waals surface area contributed by atoms with Gasteiger partial charge in [-0.3, -0.25) is 4.98 Å². The molecule has 0 aliphatic carbocycles. The third kappa shape index (κ3) is 3.32. The van der Waals surface area contributed by atoms with Crippen molar-refractivity contribution in [2.45, 2.75) is 18.9 Å². The molecule has 17 heavy (non-hydrogen) atoms. The number of aryl methyl sites for hydroxylation is 1. The van der Waals surface area contributed by atoms with Gasteiger partial charge < -0.3 is 5.32 Å². The van der Waals surface area contributed by atoms with Crippen LogP contribution in [0.2, 0.25) is 0 Å². The Labute approximate surface area is 101 Å². The maximum absolute atomic E-state index is 4.05. The number of pyridine rings is 1. The lowest BCUT2D eigenvalue weighted by atomic mass is 10.0. The van der Waals surface area contributed by atoms with Crippen LogP contribution in [-0.2, 0) is 6.42 Å². The lowest BCUT2D eigenvalue weighted by Gasteiger charge is -2.15. The summed E-state index contributed by atoms with van der Waals surface area (Å²) in [6.07, 6.45) is 11.0. The minimum atomic E-state index is 0.296. The molecule has 0 fully saturated rings. The van der Waals surface area contributed by atoms with Gasteiger partial charge >= 0.3 is 0 Å². The number of aromatic nitrogens is 3. The van der Waals surface area contributed by atoms with E-state index >= 15 is 0 Å². The molecule has 4 nitrogen and oxygen atoms in total. The fraction of sp³-hybridized carbons (Fsp3) is 0.308. The Morgan fingerprint density at radius 3 is 2.47 bits per heavy atom. The van der Waals surface area contributed by atoms with Crippen LogP contribution in [0.3, 0.4) is 0 Å². The molecule has 0 spiro atoms. The number of rotatable bonds is 5. The molecule has 88 valence electrons. The maximum atomic E-state index is 4.05. The minimum absolute atomic E-state index is 0.296. The summed E-state index contributed by atoms with van der Waals surface area (Å²) in [5.41, 5.74) is 2.43. The van der Waals surface area contributed by atoms with Crippen LogP contribution < -0.4 is 5.32 Å². The van der Waals surface area contributed by atoms with Crippen LogP contribution in [0.5, 0.6) is 0 Å². The molecule has 0 saturated carbocycles. The molecule has 2 heterocycles. The Bertz CT molecular complexity index is 430. The molecule has 0 aromatic carbocycles. The molecule has 0 saturated heterocycles. The Morgan fingerprint density at radius 2 is 1.82 bits per heavy atom. The maximum Gasteiger partial charge on any atom is 0.115 e. The summed E-state index contributed by atoms with van der Waals surface area (Å²) >= 11 is 0. The van der Waals surface area contributed by atoms with Crippen LogP contribution in [0, 0.1) is 0 Å². The molecule has 2 aromatic heterocycles. The normalized spacial score (nSPS) is 12.3. The highest BCUT2D eigenvalue weighted by Crippen LogP contribution is 2.16. The van der Waals surface area contributed by atoms with Gasteiger partial charge in [0.2, 0.25) is 0 Å². The van der Waals surface area contributed by atoms with Gasteiger partial charge in [0.15, 0.2) is 0 Å².